The van der Waals surface area contributed by atoms with Gasteiger partial charge in [0.25, 0.3) is 0 Å². The van der Waals surface area contributed by atoms with E-state index in [1.807, 2.05) is 0 Å². The molecule has 12 atom stereocenters. The number of nitrogens with zero attached hydrogens (tertiary/aromatic N) is 2. The Morgan fingerprint density at radius 3 is 1.43 bits per heavy atom. The second kappa shape index (κ2) is 12.6. The van der Waals surface area contributed by atoms with Gasteiger partial charge >= 0.3 is 0 Å². The first-order valence-corrected chi connectivity index (χ1v) is 17.7. The standard InChI is InChI=1S/C40H64N2O2/c1-15-28-20-31(18-4)35-32(28)21-39(14,37(43)41(23(5)6)24(7)8)36(35)40(38(44)42(25(9)10)26(11)12)22-33-29(16-2)19-30(17-3)34(33)27(40)13/h15-18,23-36H,1-4,19-22H2,5-14H3. The molecule has 44 heavy (non-hydrogen) atoms. The summed E-state index contributed by atoms with van der Waals surface area (Å²) in [5, 5.41) is 0. The van der Waals surface area contributed by atoms with E-state index in [1.165, 1.54) is 0 Å². The monoisotopic (exact) mass is 604 g/mol. The number of fused-ring (bicyclic) bond motifs is 2. The fourth-order valence-electron chi connectivity index (χ4n) is 11.9. The van der Waals surface area contributed by atoms with Crippen LogP contribution in [0.2, 0.25) is 0 Å². The highest BCUT2D eigenvalue weighted by molar-refractivity contribution is 5.89. The van der Waals surface area contributed by atoms with Crippen molar-refractivity contribution in [3.05, 3.63) is 50.6 Å². The van der Waals surface area contributed by atoms with E-state index in [4.69, 9.17) is 0 Å². The Kier molecular flexibility index (Phi) is 9.95. The van der Waals surface area contributed by atoms with Crippen LogP contribution in [0.1, 0.15) is 94.9 Å². The highest BCUT2D eigenvalue weighted by Crippen LogP contribution is 2.74. The summed E-state index contributed by atoms with van der Waals surface area (Å²) >= 11 is 0. The number of hydrogen-bond acceptors (Lipinski definition) is 2. The maximum atomic E-state index is 15.8. The molecule has 0 aromatic rings. The molecule has 0 aromatic heterocycles. The van der Waals surface area contributed by atoms with E-state index in [-0.39, 0.29) is 59.7 Å². The Hall–Kier alpha value is -2.10. The SMILES string of the molecule is C=CC1CC(C=C)C2C1CC(C(=O)N(C(C)C)C(C)C)(C1C3C(C=C)CC(C=C)C3CC1(C)C(=O)N(C(C)C)C(C)C)C2C. The van der Waals surface area contributed by atoms with Gasteiger partial charge in [-0.1, -0.05) is 38.2 Å². The number of carbonyl (C=O) groups is 2. The topological polar surface area (TPSA) is 40.6 Å². The second-order valence-electron chi connectivity index (χ2n) is 16.5. The van der Waals surface area contributed by atoms with E-state index in [0.717, 1.165) is 25.7 Å². The van der Waals surface area contributed by atoms with Crippen LogP contribution in [0.25, 0.3) is 0 Å². The number of allylic oxidation sites excluding steroid dienone is 4. The molecule has 2 amide bonds. The average Bonchev–Trinajstić information content (AvgIpc) is 3.64. The molecule has 4 nitrogen and oxygen atoms in total. The summed E-state index contributed by atoms with van der Waals surface area (Å²) in [7, 11) is 0. The lowest BCUT2D eigenvalue weighted by molar-refractivity contribution is -0.167. The van der Waals surface area contributed by atoms with Crippen molar-refractivity contribution in [2.24, 2.45) is 70.0 Å². The molecule has 0 saturated heterocycles. The third-order valence-electron chi connectivity index (χ3n) is 13.2. The number of amides is 2. The first-order chi connectivity index (χ1) is 20.6. The molecule has 4 saturated carbocycles. The van der Waals surface area contributed by atoms with Gasteiger partial charge in [-0.05, 0) is 140 Å². The van der Waals surface area contributed by atoms with Crippen molar-refractivity contribution in [3.63, 3.8) is 0 Å². The minimum Gasteiger partial charge on any atom is -0.337 e. The molecule has 4 aliphatic rings. The molecule has 246 valence electrons. The maximum absolute atomic E-state index is 15.8. The van der Waals surface area contributed by atoms with Crippen LogP contribution in [0.4, 0.5) is 0 Å². The van der Waals surface area contributed by atoms with Crippen molar-refractivity contribution in [3.8, 4) is 0 Å². The van der Waals surface area contributed by atoms with Crippen LogP contribution in [0.5, 0.6) is 0 Å². The molecule has 0 spiro atoms. The fraction of sp³-hybridized carbons (Fsp3) is 0.750. The van der Waals surface area contributed by atoms with Gasteiger partial charge in [0, 0.05) is 24.2 Å². The quantitative estimate of drug-likeness (QED) is 0.221. The van der Waals surface area contributed by atoms with Gasteiger partial charge in [-0.3, -0.25) is 9.59 Å². The predicted molar refractivity (Wildman–Crippen MR) is 185 cm³/mol. The molecule has 0 aromatic carbocycles. The first-order valence-electron chi connectivity index (χ1n) is 17.7. The van der Waals surface area contributed by atoms with E-state index < -0.39 is 10.8 Å². The molecule has 4 heteroatoms. The zero-order valence-corrected chi connectivity index (χ0v) is 29.8. The first kappa shape index (κ1) is 34.8. The van der Waals surface area contributed by atoms with Crippen molar-refractivity contribution >= 4 is 11.8 Å². The normalized spacial score (nSPS) is 41.2. The summed E-state index contributed by atoms with van der Waals surface area (Å²) in [5.41, 5.74) is -1.35. The van der Waals surface area contributed by atoms with Crippen LogP contribution in [0.15, 0.2) is 50.6 Å². The van der Waals surface area contributed by atoms with Crippen LogP contribution < -0.4 is 0 Å². The van der Waals surface area contributed by atoms with Crippen molar-refractivity contribution in [1.82, 2.24) is 9.80 Å². The van der Waals surface area contributed by atoms with Gasteiger partial charge in [-0.2, -0.15) is 0 Å². The third-order valence-corrected chi connectivity index (χ3v) is 13.2. The van der Waals surface area contributed by atoms with Gasteiger partial charge in [-0.15, -0.1) is 26.3 Å². The minimum absolute atomic E-state index is 0.0686. The van der Waals surface area contributed by atoms with Gasteiger partial charge in [0.2, 0.25) is 11.8 Å². The number of hydrogen-bond donors (Lipinski definition) is 0. The summed E-state index contributed by atoms with van der Waals surface area (Å²) in [6.07, 6.45) is 12.3. The summed E-state index contributed by atoms with van der Waals surface area (Å²) < 4.78 is 0. The predicted octanol–water partition coefficient (Wildman–Crippen LogP) is 8.81. The van der Waals surface area contributed by atoms with Gasteiger partial charge < -0.3 is 9.80 Å². The molecule has 0 radical (unpaired) electrons. The molecule has 0 heterocycles. The Labute approximate surface area is 270 Å². The summed E-state index contributed by atoms with van der Waals surface area (Å²) in [5.74, 6) is 3.03. The molecule has 12 unspecified atom stereocenters. The van der Waals surface area contributed by atoms with Crippen LogP contribution in [0.3, 0.4) is 0 Å². The lowest BCUT2D eigenvalue weighted by Gasteiger charge is -2.53. The Balaban J connectivity index is 2.06. The van der Waals surface area contributed by atoms with Crippen molar-refractivity contribution in [2.75, 3.05) is 0 Å². The Morgan fingerprint density at radius 2 is 1.02 bits per heavy atom. The lowest BCUT2D eigenvalue weighted by atomic mass is 9.53. The van der Waals surface area contributed by atoms with E-state index >= 15 is 9.59 Å². The van der Waals surface area contributed by atoms with Crippen molar-refractivity contribution < 1.29 is 9.59 Å². The van der Waals surface area contributed by atoms with Crippen LogP contribution >= 0.6 is 0 Å². The Morgan fingerprint density at radius 1 is 0.636 bits per heavy atom. The molecule has 4 rings (SSSR count). The van der Waals surface area contributed by atoms with E-state index in [9.17, 15) is 0 Å². The molecule has 0 N–H and O–H groups in total. The highest BCUT2D eigenvalue weighted by Gasteiger charge is 2.74. The minimum atomic E-state index is -0.678. The largest absolute Gasteiger partial charge is 0.337 e. The van der Waals surface area contributed by atoms with Gasteiger partial charge in [-0.25, -0.2) is 0 Å². The molecular weight excluding hydrogens is 540 g/mol. The molecule has 4 aliphatic carbocycles. The van der Waals surface area contributed by atoms with E-state index in [0.29, 0.717) is 35.5 Å². The molecule has 0 bridgehead atoms. The van der Waals surface area contributed by atoms with Gasteiger partial charge in [0.15, 0.2) is 0 Å². The van der Waals surface area contributed by atoms with E-state index in [2.05, 4.69) is 130 Å². The zero-order chi connectivity index (χ0) is 33.0. The van der Waals surface area contributed by atoms with Crippen molar-refractivity contribution in [1.29, 1.82) is 0 Å². The van der Waals surface area contributed by atoms with Gasteiger partial charge in [0.1, 0.15) is 0 Å². The highest BCUT2D eigenvalue weighted by atomic mass is 16.2. The summed E-state index contributed by atoms with van der Waals surface area (Å²) in [6, 6.07) is 0.296. The van der Waals surface area contributed by atoms with Gasteiger partial charge in [0.05, 0.1) is 10.8 Å². The van der Waals surface area contributed by atoms with E-state index in [1.54, 1.807) is 0 Å². The summed E-state index contributed by atoms with van der Waals surface area (Å²) in [6.45, 7) is 39.0. The summed E-state index contributed by atoms with van der Waals surface area (Å²) in [4.78, 5) is 35.3. The smallest absolute Gasteiger partial charge is 0.229 e. The Bertz CT molecular complexity index is 1120. The van der Waals surface area contributed by atoms with Crippen LogP contribution in [-0.2, 0) is 9.59 Å². The fourth-order valence-corrected chi connectivity index (χ4v) is 11.9. The molecular formula is C40H64N2O2. The average molecular weight is 605 g/mol. The van der Waals surface area contributed by atoms with Crippen LogP contribution in [-0.4, -0.2) is 45.8 Å². The lowest BCUT2D eigenvalue weighted by Crippen LogP contribution is -2.61. The third kappa shape index (κ3) is 5.00. The second-order valence-corrected chi connectivity index (χ2v) is 16.5. The number of carbonyl (C=O) groups excluding carboxylic acids is 2. The van der Waals surface area contributed by atoms with Crippen molar-refractivity contribution in [2.45, 2.75) is 119 Å². The molecule has 4 fully saturated rings. The van der Waals surface area contributed by atoms with Crippen LogP contribution in [0, 0.1) is 70.0 Å². The number of rotatable bonds is 11. The molecule has 0 aliphatic heterocycles. The zero-order valence-electron chi connectivity index (χ0n) is 29.8. The maximum Gasteiger partial charge on any atom is 0.229 e.